The summed E-state index contributed by atoms with van der Waals surface area (Å²) in [5.41, 5.74) is 6.40. The molecule has 4 aromatic carbocycles. The predicted octanol–water partition coefficient (Wildman–Crippen LogP) is 6.74. The Kier molecular flexibility index (Phi) is 7.77. The molecule has 0 bridgehead atoms. The number of thioether (sulfide) groups is 1. The molecule has 0 aliphatic rings. The van der Waals surface area contributed by atoms with E-state index in [2.05, 4.69) is 17.6 Å². The number of nitrogens with one attached hydrogen (secondary N) is 1. The second-order valence-corrected chi connectivity index (χ2v) is 8.26. The highest BCUT2D eigenvalue weighted by molar-refractivity contribution is 8.02. The van der Waals surface area contributed by atoms with Crippen molar-refractivity contribution in [3.63, 3.8) is 0 Å². The zero-order chi connectivity index (χ0) is 22.0. The van der Waals surface area contributed by atoms with Crippen LogP contribution in [0.5, 0.6) is 0 Å². The summed E-state index contributed by atoms with van der Waals surface area (Å²) in [6.07, 6.45) is 1.30. The smallest absolute Gasteiger partial charge is 0.0996 e. The van der Waals surface area contributed by atoms with Crippen molar-refractivity contribution in [2.75, 3.05) is 5.01 Å². The fourth-order valence-electron chi connectivity index (χ4n) is 3.38. The van der Waals surface area contributed by atoms with Crippen LogP contribution in [0.25, 0.3) is 0 Å². The normalized spacial score (nSPS) is 13.0. The van der Waals surface area contributed by atoms with Crippen molar-refractivity contribution < 1.29 is 5.11 Å². The van der Waals surface area contributed by atoms with Gasteiger partial charge in [0.05, 0.1) is 23.5 Å². The molecule has 0 spiro atoms. The minimum atomic E-state index is -0.723. The van der Waals surface area contributed by atoms with E-state index < -0.39 is 6.10 Å². The summed E-state index contributed by atoms with van der Waals surface area (Å²) in [7, 11) is 0. The molecule has 0 saturated carbocycles. The van der Waals surface area contributed by atoms with Crippen molar-refractivity contribution in [3.05, 3.63) is 138 Å². The molecule has 0 aliphatic carbocycles. The van der Waals surface area contributed by atoms with Gasteiger partial charge in [0, 0.05) is 4.90 Å². The molecule has 32 heavy (non-hydrogen) atoms. The molecule has 4 aromatic rings. The van der Waals surface area contributed by atoms with Gasteiger partial charge in [-0.15, -0.1) is 0 Å². The summed E-state index contributed by atoms with van der Waals surface area (Å²) in [5, 5.41) is 15.3. The molecule has 160 valence electrons. The van der Waals surface area contributed by atoms with Gasteiger partial charge in [0.25, 0.3) is 0 Å². The molecule has 1 unspecified atom stereocenters. The number of hydrogen-bond acceptors (Lipinski definition) is 4. The summed E-state index contributed by atoms with van der Waals surface area (Å²) in [5.74, 6) is 0. The average Bonchev–Trinajstić information content (AvgIpc) is 2.88. The number of hydrazine groups is 1. The Hall–Kier alpha value is -3.31. The van der Waals surface area contributed by atoms with Crippen molar-refractivity contribution in [1.82, 2.24) is 5.43 Å². The molecular formula is C28H26N2OS. The lowest BCUT2D eigenvalue weighted by Crippen LogP contribution is -2.44. The molecule has 2 N–H and O–H groups in total. The van der Waals surface area contributed by atoms with Gasteiger partial charge in [-0.3, -0.25) is 5.01 Å². The molecule has 3 nitrogen and oxygen atoms in total. The molecule has 0 saturated heterocycles. The Morgan fingerprint density at radius 2 is 1.12 bits per heavy atom. The third-order valence-corrected chi connectivity index (χ3v) is 5.86. The van der Waals surface area contributed by atoms with Gasteiger partial charge >= 0.3 is 0 Å². The fourth-order valence-corrected chi connectivity index (χ4v) is 4.10. The van der Waals surface area contributed by atoms with Crippen LogP contribution < -0.4 is 10.4 Å². The van der Waals surface area contributed by atoms with Crippen LogP contribution in [0.2, 0.25) is 0 Å². The highest BCUT2D eigenvalue weighted by Crippen LogP contribution is 2.27. The summed E-state index contributed by atoms with van der Waals surface area (Å²) >= 11 is 1.63. The van der Waals surface area contributed by atoms with Crippen LogP contribution in [0.3, 0.4) is 0 Å². The summed E-state index contributed by atoms with van der Waals surface area (Å²) in [4.78, 5) is 1.15. The van der Waals surface area contributed by atoms with E-state index in [9.17, 15) is 5.11 Å². The van der Waals surface area contributed by atoms with Crippen LogP contribution in [0.1, 0.15) is 11.7 Å². The third-order valence-electron chi connectivity index (χ3n) is 5.02. The molecule has 0 radical (unpaired) electrons. The highest BCUT2D eigenvalue weighted by atomic mass is 32.2. The number of nitrogens with zero attached hydrogens (tertiary/aromatic N) is 1. The molecule has 0 amide bonds. The van der Waals surface area contributed by atoms with Gasteiger partial charge in [0.15, 0.2) is 0 Å². The van der Waals surface area contributed by atoms with Crippen LogP contribution in [0.15, 0.2) is 138 Å². The van der Waals surface area contributed by atoms with E-state index in [1.54, 1.807) is 11.8 Å². The van der Waals surface area contributed by atoms with Crippen molar-refractivity contribution >= 4 is 23.1 Å². The number of aliphatic hydroxyl groups is 1. The monoisotopic (exact) mass is 438 g/mol. The molecule has 0 heterocycles. The minimum Gasteiger partial charge on any atom is -0.386 e. The first-order valence-corrected chi connectivity index (χ1v) is 11.5. The molecule has 4 heteroatoms. The lowest BCUT2D eigenvalue weighted by Gasteiger charge is -2.32. The summed E-state index contributed by atoms with van der Waals surface area (Å²) < 4.78 is 0. The van der Waals surface area contributed by atoms with Gasteiger partial charge in [0.2, 0.25) is 0 Å². The first kappa shape index (κ1) is 21.9. The van der Waals surface area contributed by atoms with Crippen LogP contribution >= 0.6 is 11.8 Å². The summed E-state index contributed by atoms with van der Waals surface area (Å²) in [6.45, 7) is 0. The van der Waals surface area contributed by atoms with Crippen molar-refractivity contribution in [3.8, 4) is 0 Å². The van der Waals surface area contributed by atoms with Crippen LogP contribution in [-0.2, 0) is 0 Å². The minimum absolute atomic E-state index is 0.353. The first-order valence-electron chi connectivity index (χ1n) is 10.6. The predicted molar refractivity (Wildman–Crippen MR) is 135 cm³/mol. The van der Waals surface area contributed by atoms with E-state index in [0.29, 0.717) is 0 Å². The number of anilines is 2. The molecule has 0 aliphatic heterocycles. The number of para-hydroxylation sites is 2. The quantitative estimate of drug-likeness (QED) is 0.224. The average molecular weight is 439 g/mol. The maximum atomic E-state index is 11.3. The fraction of sp³-hybridized carbons (Fsp3) is 0.0714. The van der Waals surface area contributed by atoms with E-state index in [0.717, 1.165) is 21.8 Å². The Labute approximate surface area is 194 Å². The van der Waals surface area contributed by atoms with Gasteiger partial charge in [-0.1, -0.05) is 103 Å². The highest BCUT2D eigenvalue weighted by Gasteiger charge is 2.22. The lowest BCUT2D eigenvalue weighted by molar-refractivity contribution is 0.148. The van der Waals surface area contributed by atoms with E-state index in [-0.39, 0.29) is 6.04 Å². The first-order chi connectivity index (χ1) is 15.8. The summed E-state index contributed by atoms with van der Waals surface area (Å²) in [6, 6.07) is 39.9. The van der Waals surface area contributed by atoms with Crippen molar-refractivity contribution in [2.24, 2.45) is 0 Å². The Morgan fingerprint density at radius 3 is 1.66 bits per heavy atom. The van der Waals surface area contributed by atoms with Crippen LogP contribution in [0, 0.1) is 0 Å². The van der Waals surface area contributed by atoms with Gasteiger partial charge in [0.1, 0.15) is 0 Å². The van der Waals surface area contributed by atoms with Crippen molar-refractivity contribution in [2.45, 2.75) is 17.0 Å². The second-order valence-electron chi connectivity index (χ2n) is 7.28. The topological polar surface area (TPSA) is 35.5 Å². The molecule has 0 fully saturated rings. The van der Waals surface area contributed by atoms with Gasteiger partial charge < -0.3 is 5.11 Å². The SMILES string of the molecule is OC(c1ccccc1)[C@@H](/C=C/Sc1ccccc1)NN(c1ccccc1)c1ccccc1. The standard InChI is InChI=1S/C28H26N2OS/c31-28(23-13-5-1-6-14-23)27(21-22-32-26-19-11-4-12-20-26)29-30(24-15-7-2-8-16-24)25-17-9-3-10-18-25/h1-22,27-29,31H/b22-21+/t27-,28?/m1/s1. The van der Waals surface area contributed by atoms with E-state index in [1.807, 2.05) is 126 Å². The zero-order valence-corrected chi connectivity index (χ0v) is 18.5. The van der Waals surface area contributed by atoms with E-state index in [1.165, 1.54) is 0 Å². The van der Waals surface area contributed by atoms with Crippen LogP contribution in [-0.4, -0.2) is 11.1 Å². The second kappa shape index (κ2) is 11.3. The Balaban J connectivity index is 1.64. The Bertz CT molecular complexity index is 1050. The third kappa shape index (κ3) is 5.89. The number of benzene rings is 4. The van der Waals surface area contributed by atoms with E-state index in [4.69, 9.17) is 0 Å². The molecule has 0 aromatic heterocycles. The number of aliphatic hydroxyl groups excluding tert-OH is 1. The van der Waals surface area contributed by atoms with Gasteiger partial charge in [-0.05, 0) is 47.4 Å². The van der Waals surface area contributed by atoms with Crippen LogP contribution in [0.4, 0.5) is 11.4 Å². The maximum absolute atomic E-state index is 11.3. The molecule has 4 rings (SSSR count). The van der Waals surface area contributed by atoms with Gasteiger partial charge in [-0.25, -0.2) is 5.43 Å². The Morgan fingerprint density at radius 1 is 0.656 bits per heavy atom. The number of hydrogen-bond donors (Lipinski definition) is 2. The molecular weight excluding hydrogens is 412 g/mol. The largest absolute Gasteiger partial charge is 0.386 e. The molecule has 2 atom stereocenters. The lowest BCUT2D eigenvalue weighted by atomic mass is 10.0. The van der Waals surface area contributed by atoms with E-state index >= 15 is 0 Å². The van der Waals surface area contributed by atoms with Gasteiger partial charge in [-0.2, -0.15) is 0 Å². The number of rotatable bonds is 9. The maximum Gasteiger partial charge on any atom is 0.0996 e. The van der Waals surface area contributed by atoms with Crippen molar-refractivity contribution in [1.29, 1.82) is 0 Å². The zero-order valence-electron chi connectivity index (χ0n) is 17.7.